The zero-order chi connectivity index (χ0) is 17.8. The number of hydrogen-bond acceptors (Lipinski definition) is 5. The summed E-state index contributed by atoms with van der Waals surface area (Å²) in [6, 6.07) is 12.1. The standard InChI is InChI=1S/C18H15ClN2O4/c1-11(25-15-4-2-12(8-20)6-14(15)19)18(22)21-9-13-3-5-16-17(7-13)24-10-23-16/h2-7,11H,9-10H2,1H3,(H,21,22)/t11-/m0/s1. The van der Waals surface area contributed by atoms with E-state index in [9.17, 15) is 4.79 Å². The van der Waals surface area contributed by atoms with Crippen molar-refractivity contribution >= 4 is 17.5 Å². The number of nitriles is 1. The summed E-state index contributed by atoms with van der Waals surface area (Å²) in [7, 11) is 0. The molecule has 0 bridgehead atoms. The van der Waals surface area contributed by atoms with Gasteiger partial charge in [-0.2, -0.15) is 5.26 Å². The van der Waals surface area contributed by atoms with Crippen LogP contribution >= 0.6 is 11.6 Å². The number of rotatable bonds is 5. The minimum Gasteiger partial charge on any atom is -0.479 e. The highest BCUT2D eigenvalue weighted by atomic mass is 35.5. The van der Waals surface area contributed by atoms with Crippen molar-refractivity contribution in [1.29, 1.82) is 5.26 Å². The van der Waals surface area contributed by atoms with E-state index in [1.807, 2.05) is 18.2 Å². The number of hydrogen-bond donors (Lipinski definition) is 1. The Morgan fingerprint density at radius 2 is 2.12 bits per heavy atom. The van der Waals surface area contributed by atoms with Crippen molar-refractivity contribution in [2.75, 3.05) is 6.79 Å². The van der Waals surface area contributed by atoms with Crippen molar-refractivity contribution in [2.45, 2.75) is 19.6 Å². The monoisotopic (exact) mass is 358 g/mol. The topological polar surface area (TPSA) is 80.6 Å². The molecule has 0 fully saturated rings. The van der Waals surface area contributed by atoms with Gasteiger partial charge in [-0.15, -0.1) is 0 Å². The molecule has 3 rings (SSSR count). The molecule has 1 aliphatic rings. The molecule has 0 saturated carbocycles. The minimum atomic E-state index is -0.737. The maximum atomic E-state index is 12.2. The Bertz CT molecular complexity index is 847. The van der Waals surface area contributed by atoms with Gasteiger partial charge < -0.3 is 19.5 Å². The van der Waals surface area contributed by atoms with Crippen LogP contribution in [-0.4, -0.2) is 18.8 Å². The summed E-state index contributed by atoms with van der Waals surface area (Å²) < 4.78 is 16.1. The third kappa shape index (κ3) is 3.95. The molecule has 0 radical (unpaired) electrons. The number of nitrogens with zero attached hydrogens (tertiary/aromatic N) is 1. The second-order valence-electron chi connectivity index (χ2n) is 5.42. The number of fused-ring (bicyclic) bond motifs is 1. The van der Waals surface area contributed by atoms with Gasteiger partial charge in [0.05, 0.1) is 16.7 Å². The molecule has 1 amide bonds. The molecule has 7 heteroatoms. The maximum Gasteiger partial charge on any atom is 0.261 e. The van der Waals surface area contributed by atoms with Gasteiger partial charge in [0.15, 0.2) is 17.6 Å². The highest BCUT2D eigenvalue weighted by molar-refractivity contribution is 6.32. The first kappa shape index (κ1) is 16.9. The van der Waals surface area contributed by atoms with Crippen LogP contribution in [0.3, 0.4) is 0 Å². The fourth-order valence-electron chi connectivity index (χ4n) is 2.29. The summed E-state index contributed by atoms with van der Waals surface area (Å²) in [6.45, 7) is 2.18. The zero-order valence-electron chi connectivity index (χ0n) is 13.4. The molecule has 2 aromatic rings. The van der Waals surface area contributed by atoms with Crippen molar-refractivity contribution in [1.82, 2.24) is 5.32 Å². The molecule has 1 N–H and O–H groups in total. The first-order valence-electron chi connectivity index (χ1n) is 7.59. The van der Waals surface area contributed by atoms with Crippen molar-refractivity contribution in [3.05, 3.63) is 52.5 Å². The molecule has 0 unspecified atom stereocenters. The number of carbonyl (C=O) groups is 1. The van der Waals surface area contributed by atoms with Gasteiger partial charge in [-0.05, 0) is 42.8 Å². The van der Waals surface area contributed by atoms with Gasteiger partial charge in [0, 0.05) is 6.54 Å². The molecular weight excluding hydrogens is 344 g/mol. The van der Waals surface area contributed by atoms with Crippen molar-refractivity contribution in [3.8, 4) is 23.3 Å². The SMILES string of the molecule is C[C@H](Oc1ccc(C#N)cc1Cl)C(=O)NCc1ccc2c(c1)OCO2. The quantitative estimate of drug-likeness (QED) is 0.888. The van der Waals surface area contributed by atoms with Crippen molar-refractivity contribution in [3.63, 3.8) is 0 Å². The molecule has 0 aromatic heterocycles. The Morgan fingerprint density at radius 3 is 2.88 bits per heavy atom. The lowest BCUT2D eigenvalue weighted by molar-refractivity contribution is -0.127. The lowest BCUT2D eigenvalue weighted by atomic mass is 10.2. The fraction of sp³-hybridized carbons (Fsp3) is 0.222. The number of carbonyl (C=O) groups excluding carboxylic acids is 1. The van der Waals surface area contributed by atoms with E-state index in [1.165, 1.54) is 6.07 Å². The van der Waals surface area contributed by atoms with Crippen LogP contribution in [0, 0.1) is 11.3 Å². The molecule has 0 aliphatic carbocycles. The average molecular weight is 359 g/mol. The molecule has 0 saturated heterocycles. The van der Waals surface area contributed by atoms with E-state index in [0.29, 0.717) is 29.4 Å². The molecule has 1 aliphatic heterocycles. The first-order valence-corrected chi connectivity index (χ1v) is 7.97. The first-order chi connectivity index (χ1) is 12.1. The number of amides is 1. The summed E-state index contributed by atoms with van der Waals surface area (Å²) in [4.78, 5) is 12.2. The summed E-state index contributed by atoms with van der Waals surface area (Å²) in [5.74, 6) is 1.44. The van der Waals surface area contributed by atoms with E-state index in [2.05, 4.69) is 5.32 Å². The summed E-state index contributed by atoms with van der Waals surface area (Å²) >= 11 is 6.05. The Balaban J connectivity index is 1.57. The smallest absolute Gasteiger partial charge is 0.261 e. The van der Waals surface area contributed by atoms with Gasteiger partial charge in [0.25, 0.3) is 5.91 Å². The summed E-state index contributed by atoms with van der Waals surface area (Å²) in [5, 5.41) is 11.9. The van der Waals surface area contributed by atoms with E-state index >= 15 is 0 Å². The number of halogens is 1. The van der Waals surface area contributed by atoms with E-state index in [0.717, 1.165) is 5.56 Å². The zero-order valence-corrected chi connectivity index (χ0v) is 14.2. The Hall–Kier alpha value is -2.91. The van der Waals surface area contributed by atoms with Crippen LogP contribution in [0.1, 0.15) is 18.1 Å². The maximum absolute atomic E-state index is 12.2. The van der Waals surface area contributed by atoms with Crippen LogP contribution < -0.4 is 19.5 Å². The Labute approximate surface area is 149 Å². The van der Waals surface area contributed by atoms with Crippen LogP contribution in [0.5, 0.6) is 17.2 Å². The number of benzene rings is 2. The normalized spacial score (nSPS) is 13.0. The lowest BCUT2D eigenvalue weighted by Gasteiger charge is -2.16. The molecule has 1 atom stereocenters. The third-order valence-electron chi connectivity index (χ3n) is 3.64. The van der Waals surface area contributed by atoms with Gasteiger partial charge >= 0.3 is 0 Å². The van der Waals surface area contributed by atoms with Crippen LogP contribution in [0.15, 0.2) is 36.4 Å². The highest BCUT2D eigenvalue weighted by Gasteiger charge is 2.17. The number of ether oxygens (including phenoxy) is 3. The molecule has 128 valence electrons. The van der Waals surface area contributed by atoms with E-state index in [-0.39, 0.29) is 17.7 Å². The molecule has 2 aromatic carbocycles. The highest BCUT2D eigenvalue weighted by Crippen LogP contribution is 2.32. The predicted octanol–water partition coefficient (Wildman–Crippen LogP) is 3.02. The van der Waals surface area contributed by atoms with E-state index < -0.39 is 6.10 Å². The summed E-state index contributed by atoms with van der Waals surface area (Å²) in [5.41, 5.74) is 1.32. The van der Waals surface area contributed by atoms with E-state index in [1.54, 1.807) is 25.1 Å². The third-order valence-corrected chi connectivity index (χ3v) is 3.93. The lowest BCUT2D eigenvalue weighted by Crippen LogP contribution is -2.35. The van der Waals surface area contributed by atoms with Crippen LogP contribution in [0.4, 0.5) is 0 Å². The molecule has 6 nitrogen and oxygen atoms in total. The molecule has 1 heterocycles. The van der Waals surface area contributed by atoms with E-state index in [4.69, 9.17) is 31.1 Å². The molecule has 25 heavy (non-hydrogen) atoms. The van der Waals surface area contributed by atoms with Crippen LogP contribution in [-0.2, 0) is 11.3 Å². The van der Waals surface area contributed by atoms with Crippen LogP contribution in [0.25, 0.3) is 0 Å². The van der Waals surface area contributed by atoms with Gasteiger partial charge in [-0.25, -0.2) is 0 Å². The Kier molecular flexibility index (Phi) is 4.96. The van der Waals surface area contributed by atoms with Crippen molar-refractivity contribution in [2.24, 2.45) is 0 Å². The second-order valence-corrected chi connectivity index (χ2v) is 5.83. The second kappa shape index (κ2) is 7.32. The van der Waals surface area contributed by atoms with Gasteiger partial charge in [-0.1, -0.05) is 17.7 Å². The molecular formula is C18H15ClN2O4. The largest absolute Gasteiger partial charge is 0.479 e. The van der Waals surface area contributed by atoms with Crippen molar-refractivity contribution < 1.29 is 19.0 Å². The van der Waals surface area contributed by atoms with Crippen LogP contribution in [0.2, 0.25) is 5.02 Å². The average Bonchev–Trinajstić information content (AvgIpc) is 3.08. The predicted molar refractivity (Wildman–Crippen MR) is 90.7 cm³/mol. The van der Waals surface area contributed by atoms with Gasteiger partial charge in [0.1, 0.15) is 5.75 Å². The Morgan fingerprint density at radius 1 is 1.32 bits per heavy atom. The number of nitrogens with one attached hydrogen (secondary N) is 1. The summed E-state index contributed by atoms with van der Waals surface area (Å²) in [6.07, 6.45) is -0.737. The van der Waals surface area contributed by atoms with Gasteiger partial charge in [-0.3, -0.25) is 4.79 Å². The minimum absolute atomic E-state index is 0.210. The fourth-order valence-corrected chi connectivity index (χ4v) is 2.52. The molecule has 0 spiro atoms. The van der Waals surface area contributed by atoms with Gasteiger partial charge in [0.2, 0.25) is 6.79 Å².